The molecule has 0 saturated heterocycles. The van der Waals surface area contributed by atoms with E-state index in [1.54, 1.807) is 24.5 Å². The van der Waals surface area contributed by atoms with Gasteiger partial charge in [0.1, 0.15) is 5.82 Å². The van der Waals surface area contributed by atoms with Gasteiger partial charge in [-0.15, -0.1) is 35.3 Å². The van der Waals surface area contributed by atoms with Crippen molar-refractivity contribution in [3.05, 3.63) is 58.0 Å². The Balaban J connectivity index is 0.00000264. The molecule has 1 aromatic heterocycles. The Bertz CT molecular complexity index is 602. The van der Waals surface area contributed by atoms with Gasteiger partial charge in [0, 0.05) is 25.0 Å². The average Bonchev–Trinajstić information content (AvgIpc) is 3.00. The van der Waals surface area contributed by atoms with Crippen LogP contribution in [-0.4, -0.2) is 19.6 Å². The van der Waals surface area contributed by atoms with Crippen LogP contribution in [0, 0.1) is 11.7 Å². The Kier molecular flexibility index (Phi) is 9.16. The first kappa shape index (κ1) is 19.9. The Morgan fingerprint density at radius 3 is 2.74 bits per heavy atom. The van der Waals surface area contributed by atoms with Crippen LogP contribution in [0.4, 0.5) is 4.39 Å². The maximum Gasteiger partial charge on any atom is 0.191 e. The van der Waals surface area contributed by atoms with Crippen LogP contribution >= 0.6 is 35.3 Å². The van der Waals surface area contributed by atoms with Crippen molar-refractivity contribution in [1.82, 2.24) is 10.6 Å². The van der Waals surface area contributed by atoms with E-state index in [0.29, 0.717) is 12.5 Å². The third-order valence-electron chi connectivity index (χ3n) is 3.32. The van der Waals surface area contributed by atoms with Gasteiger partial charge in [0.2, 0.25) is 0 Å². The second-order valence-electron chi connectivity index (χ2n) is 5.33. The molecule has 1 atom stereocenters. The van der Waals surface area contributed by atoms with E-state index in [1.165, 1.54) is 17.0 Å². The number of nitrogens with zero attached hydrogens (tertiary/aromatic N) is 1. The van der Waals surface area contributed by atoms with Crippen LogP contribution in [0.25, 0.3) is 0 Å². The maximum atomic E-state index is 13.1. The molecule has 3 nitrogen and oxygen atoms in total. The van der Waals surface area contributed by atoms with Gasteiger partial charge in [0.15, 0.2) is 5.96 Å². The van der Waals surface area contributed by atoms with E-state index in [2.05, 4.69) is 40.1 Å². The smallest absolute Gasteiger partial charge is 0.191 e. The fourth-order valence-corrected chi connectivity index (χ4v) is 3.04. The second-order valence-corrected chi connectivity index (χ2v) is 6.36. The van der Waals surface area contributed by atoms with Crippen LogP contribution in [0.2, 0.25) is 0 Å². The third-order valence-corrected chi connectivity index (χ3v) is 4.22. The molecule has 0 bridgehead atoms. The van der Waals surface area contributed by atoms with Gasteiger partial charge in [0.05, 0.1) is 0 Å². The number of aliphatic imine (C=N–C) groups is 1. The number of halogens is 2. The molecule has 2 rings (SSSR count). The molecule has 0 amide bonds. The summed E-state index contributed by atoms with van der Waals surface area (Å²) in [5.74, 6) is 1.04. The summed E-state index contributed by atoms with van der Waals surface area (Å²) < 4.78 is 13.1. The summed E-state index contributed by atoms with van der Waals surface area (Å²) in [6.07, 6.45) is 1.06. The monoisotopic (exact) mass is 447 g/mol. The lowest BCUT2D eigenvalue weighted by molar-refractivity contribution is 0.562. The fourth-order valence-electron chi connectivity index (χ4n) is 2.17. The molecule has 0 aliphatic rings. The van der Waals surface area contributed by atoms with Crippen LogP contribution < -0.4 is 10.6 Å². The number of nitrogens with one attached hydrogen (secondary N) is 2. The van der Waals surface area contributed by atoms with Gasteiger partial charge < -0.3 is 10.6 Å². The number of rotatable bonds is 6. The molecule has 2 N–H and O–H groups in total. The molecule has 2 aromatic rings. The van der Waals surface area contributed by atoms with Crippen molar-refractivity contribution in [2.75, 3.05) is 13.6 Å². The summed E-state index contributed by atoms with van der Waals surface area (Å²) in [5, 5.41) is 8.62. The zero-order valence-corrected chi connectivity index (χ0v) is 16.5. The van der Waals surface area contributed by atoms with E-state index in [4.69, 9.17) is 0 Å². The predicted molar refractivity (Wildman–Crippen MR) is 107 cm³/mol. The molecule has 0 aliphatic carbocycles. The van der Waals surface area contributed by atoms with E-state index in [0.717, 1.165) is 24.5 Å². The standard InChI is InChI=1S/C17H22FN3S.HI/c1-13(9-16-7-4-8-22-16)11-20-17(19-2)21-12-14-5-3-6-15(18)10-14;/h3-8,10,13H,9,11-12H2,1-2H3,(H2,19,20,21);1H. The van der Waals surface area contributed by atoms with Crippen LogP contribution in [0.1, 0.15) is 17.4 Å². The highest BCUT2D eigenvalue weighted by Gasteiger charge is 2.06. The Hall–Kier alpha value is -1.15. The van der Waals surface area contributed by atoms with Gasteiger partial charge in [-0.05, 0) is 41.5 Å². The van der Waals surface area contributed by atoms with Crippen molar-refractivity contribution in [2.24, 2.45) is 10.9 Å². The van der Waals surface area contributed by atoms with Crippen molar-refractivity contribution >= 4 is 41.3 Å². The molecule has 0 radical (unpaired) electrons. The lowest BCUT2D eigenvalue weighted by Crippen LogP contribution is -2.39. The summed E-state index contributed by atoms with van der Waals surface area (Å²) in [4.78, 5) is 5.60. The first-order valence-corrected chi connectivity index (χ1v) is 8.26. The second kappa shape index (κ2) is 10.6. The molecular weight excluding hydrogens is 424 g/mol. The lowest BCUT2D eigenvalue weighted by Gasteiger charge is -2.15. The molecule has 0 saturated carbocycles. The molecule has 1 heterocycles. The molecule has 0 fully saturated rings. The van der Waals surface area contributed by atoms with Gasteiger partial charge in [-0.1, -0.05) is 25.1 Å². The molecule has 1 aromatic carbocycles. The van der Waals surface area contributed by atoms with E-state index in [1.807, 2.05) is 6.07 Å². The largest absolute Gasteiger partial charge is 0.356 e. The Morgan fingerprint density at radius 1 is 1.26 bits per heavy atom. The number of benzene rings is 1. The van der Waals surface area contributed by atoms with Gasteiger partial charge in [-0.3, -0.25) is 4.99 Å². The minimum Gasteiger partial charge on any atom is -0.356 e. The summed E-state index contributed by atoms with van der Waals surface area (Å²) in [7, 11) is 1.74. The van der Waals surface area contributed by atoms with E-state index < -0.39 is 0 Å². The highest BCUT2D eigenvalue weighted by molar-refractivity contribution is 14.0. The Morgan fingerprint density at radius 2 is 2.09 bits per heavy atom. The zero-order valence-electron chi connectivity index (χ0n) is 13.4. The fraction of sp³-hybridized carbons (Fsp3) is 0.353. The summed E-state index contributed by atoms with van der Waals surface area (Å²) in [6, 6.07) is 10.8. The van der Waals surface area contributed by atoms with Crippen molar-refractivity contribution in [3.8, 4) is 0 Å². The first-order valence-electron chi connectivity index (χ1n) is 7.38. The van der Waals surface area contributed by atoms with Gasteiger partial charge >= 0.3 is 0 Å². The molecule has 0 aliphatic heterocycles. The van der Waals surface area contributed by atoms with E-state index in [9.17, 15) is 4.39 Å². The Labute approximate surface area is 158 Å². The first-order chi connectivity index (χ1) is 10.7. The van der Waals surface area contributed by atoms with Crippen molar-refractivity contribution in [2.45, 2.75) is 19.9 Å². The van der Waals surface area contributed by atoms with Crippen LogP contribution in [0.3, 0.4) is 0 Å². The molecule has 0 spiro atoms. The minimum absolute atomic E-state index is 0. The summed E-state index contributed by atoms with van der Waals surface area (Å²) >= 11 is 1.79. The average molecular weight is 447 g/mol. The van der Waals surface area contributed by atoms with E-state index in [-0.39, 0.29) is 29.8 Å². The SMILES string of the molecule is CN=C(NCc1cccc(F)c1)NCC(C)Cc1cccs1.I. The predicted octanol–water partition coefficient (Wildman–Crippen LogP) is 4.05. The van der Waals surface area contributed by atoms with Crippen LogP contribution in [0.15, 0.2) is 46.8 Å². The van der Waals surface area contributed by atoms with Crippen LogP contribution in [0.5, 0.6) is 0 Å². The zero-order chi connectivity index (χ0) is 15.8. The normalized spacial score (nSPS) is 12.4. The summed E-state index contributed by atoms with van der Waals surface area (Å²) in [5.41, 5.74) is 0.898. The van der Waals surface area contributed by atoms with Crippen molar-refractivity contribution in [3.63, 3.8) is 0 Å². The highest BCUT2D eigenvalue weighted by atomic mass is 127. The maximum absolute atomic E-state index is 13.1. The number of hydrogen-bond acceptors (Lipinski definition) is 2. The molecular formula is C17H23FIN3S. The minimum atomic E-state index is -0.216. The third kappa shape index (κ3) is 7.30. The molecule has 6 heteroatoms. The highest BCUT2D eigenvalue weighted by Crippen LogP contribution is 2.13. The quantitative estimate of drug-likeness (QED) is 0.398. The number of guanidine groups is 1. The molecule has 23 heavy (non-hydrogen) atoms. The van der Waals surface area contributed by atoms with Crippen molar-refractivity contribution in [1.29, 1.82) is 0 Å². The van der Waals surface area contributed by atoms with Gasteiger partial charge in [-0.25, -0.2) is 4.39 Å². The van der Waals surface area contributed by atoms with E-state index >= 15 is 0 Å². The topological polar surface area (TPSA) is 36.4 Å². The van der Waals surface area contributed by atoms with Gasteiger partial charge in [0.25, 0.3) is 0 Å². The summed E-state index contributed by atoms with van der Waals surface area (Å²) in [6.45, 7) is 3.62. The van der Waals surface area contributed by atoms with Crippen LogP contribution in [-0.2, 0) is 13.0 Å². The van der Waals surface area contributed by atoms with Gasteiger partial charge in [-0.2, -0.15) is 0 Å². The molecule has 126 valence electrons. The number of thiophene rings is 1. The number of hydrogen-bond donors (Lipinski definition) is 2. The molecule has 1 unspecified atom stereocenters. The van der Waals surface area contributed by atoms with Crippen molar-refractivity contribution < 1.29 is 4.39 Å². The lowest BCUT2D eigenvalue weighted by atomic mass is 10.1.